The van der Waals surface area contributed by atoms with Crippen molar-refractivity contribution in [2.45, 2.75) is 13.0 Å². The summed E-state index contributed by atoms with van der Waals surface area (Å²) in [5.74, 6) is 2.37. The van der Waals surface area contributed by atoms with Gasteiger partial charge in [0.15, 0.2) is 0 Å². The monoisotopic (exact) mass is 374 g/mol. The van der Waals surface area contributed by atoms with Gasteiger partial charge in [-0.1, -0.05) is 12.1 Å². The molecular weight excluding hydrogens is 352 g/mol. The topological polar surface area (TPSA) is 102 Å². The van der Waals surface area contributed by atoms with Crippen LogP contribution in [0.3, 0.4) is 0 Å². The van der Waals surface area contributed by atoms with Crippen LogP contribution >= 0.6 is 0 Å². The van der Waals surface area contributed by atoms with Gasteiger partial charge in [0.05, 0.1) is 24.5 Å². The van der Waals surface area contributed by atoms with E-state index in [4.69, 9.17) is 10.5 Å². The molecule has 2 heterocycles. The zero-order valence-electron chi connectivity index (χ0n) is 15.6. The highest BCUT2D eigenvalue weighted by Crippen LogP contribution is 2.25. The summed E-state index contributed by atoms with van der Waals surface area (Å²) in [5, 5.41) is 11.7. The summed E-state index contributed by atoms with van der Waals surface area (Å²) in [6.45, 7) is 1.10. The highest BCUT2D eigenvalue weighted by molar-refractivity contribution is 5.89. The van der Waals surface area contributed by atoms with Crippen LogP contribution in [0, 0.1) is 0 Å². The first-order valence-electron chi connectivity index (χ1n) is 9.14. The fraction of sp³-hybridized carbons (Fsp3) is 0.190. The van der Waals surface area contributed by atoms with E-state index in [0.29, 0.717) is 19.5 Å². The SMILES string of the molecule is COc1ccc(-c2[nH]ncc2CNc2nc(CCN)nc3ccccc23)cc1. The predicted molar refractivity (Wildman–Crippen MR) is 110 cm³/mol. The number of nitrogens with one attached hydrogen (secondary N) is 2. The Hall–Kier alpha value is -3.45. The van der Waals surface area contributed by atoms with Crippen molar-refractivity contribution in [3.63, 3.8) is 0 Å². The van der Waals surface area contributed by atoms with Crippen molar-refractivity contribution in [1.82, 2.24) is 20.2 Å². The number of aromatic amines is 1. The van der Waals surface area contributed by atoms with Gasteiger partial charge in [-0.2, -0.15) is 5.10 Å². The molecule has 0 aliphatic carbocycles. The minimum atomic E-state index is 0.515. The van der Waals surface area contributed by atoms with E-state index >= 15 is 0 Å². The normalized spacial score (nSPS) is 10.9. The summed E-state index contributed by atoms with van der Waals surface area (Å²) in [4.78, 5) is 9.26. The van der Waals surface area contributed by atoms with Crippen molar-refractivity contribution in [3.8, 4) is 17.0 Å². The molecule has 0 aliphatic heterocycles. The number of aromatic nitrogens is 4. The maximum absolute atomic E-state index is 5.69. The molecule has 4 aromatic rings. The smallest absolute Gasteiger partial charge is 0.137 e. The Morgan fingerprint density at radius 2 is 1.89 bits per heavy atom. The van der Waals surface area contributed by atoms with E-state index in [1.54, 1.807) is 7.11 Å². The molecule has 0 unspecified atom stereocenters. The number of H-pyrrole nitrogens is 1. The first kappa shape index (κ1) is 17.9. The summed E-state index contributed by atoms with van der Waals surface area (Å²) in [7, 11) is 1.66. The van der Waals surface area contributed by atoms with Gasteiger partial charge in [-0.25, -0.2) is 9.97 Å². The van der Waals surface area contributed by atoms with Crippen LogP contribution in [0.5, 0.6) is 5.75 Å². The third kappa shape index (κ3) is 3.65. The lowest BCUT2D eigenvalue weighted by atomic mass is 10.1. The Morgan fingerprint density at radius 3 is 2.68 bits per heavy atom. The van der Waals surface area contributed by atoms with Gasteiger partial charge in [-0.15, -0.1) is 0 Å². The van der Waals surface area contributed by atoms with Gasteiger partial charge in [0.1, 0.15) is 17.4 Å². The van der Waals surface area contributed by atoms with E-state index in [-0.39, 0.29) is 0 Å². The molecular formula is C21H22N6O. The minimum Gasteiger partial charge on any atom is -0.497 e. The number of rotatable bonds is 7. The highest BCUT2D eigenvalue weighted by atomic mass is 16.5. The number of hydrogen-bond acceptors (Lipinski definition) is 6. The number of hydrogen-bond donors (Lipinski definition) is 3. The molecule has 2 aromatic heterocycles. The van der Waals surface area contributed by atoms with Gasteiger partial charge in [-0.3, -0.25) is 5.10 Å². The molecule has 142 valence electrons. The molecule has 7 nitrogen and oxygen atoms in total. The molecule has 0 bridgehead atoms. The van der Waals surface area contributed by atoms with Crippen molar-refractivity contribution in [1.29, 1.82) is 0 Å². The molecule has 0 saturated carbocycles. The van der Waals surface area contributed by atoms with Gasteiger partial charge >= 0.3 is 0 Å². The van der Waals surface area contributed by atoms with Crippen LogP contribution in [0.1, 0.15) is 11.4 Å². The average Bonchev–Trinajstić information content (AvgIpc) is 3.21. The van der Waals surface area contributed by atoms with Crippen molar-refractivity contribution < 1.29 is 4.74 Å². The van der Waals surface area contributed by atoms with E-state index in [0.717, 1.165) is 45.1 Å². The maximum Gasteiger partial charge on any atom is 0.137 e. The number of anilines is 1. The van der Waals surface area contributed by atoms with E-state index in [1.165, 1.54) is 0 Å². The van der Waals surface area contributed by atoms with Crippen molar-refractivity contribution in [2.24, 2.45) is 5.73 Å². The number of nitrogens with two attached hydrogens (primary N) is 1. The lowest BCUT2D eigenvalue weighted by Gasteiger charge is -2.11. The van der Waals surface area contributed by atoms with Crippen molar-refractivity contribution in [2.75, 3.05) is 19.0 Å². The molecule has 7 heteroatoms. The molecule has 0 fully saturated rings. The molecule has 28 heavy (non-hydrogen) atoms. The van der Waals surface area contributed by atoms with E-state index in [1.807, 2.05) is 54.7 Å². The Balaban J connectivity index is 1.61. The van der Waals surface area contributed by atoms with Crippen LogP contribution in [0.15, 0.2) is 54.7 Å². The number of para-hydroxylation sites is 1. The summed E-state index contributed by atoms with van der Waals surface area (Å²) in [6.07, 6.45) is 2.47. The second kappa shape index (κ2) is 8.06. The third-order valence-corrected chi connectivity index (χ3v) is 4.56. The van der Waals surface area contributed by atoms with E-state index in [2.05, 4.69) is 25.5 Å². The molecule has 0 saturated heterocycles. The van der Waals surface area contributed by atoms with Gasteiger partial charge in [0.25, 0.3) is 0 Å². The fourth-order valence-corrected chi connectivity index (χ4v) is 3.13. The Kier molecular flexibility index (Phi) is 5.16. The largest absolute Gasteiger partial charge is 0.497 e. The first-order chi connectivity index (χ1) is 13.8. The van der Waals surface area contributed by atoms with Crippen LogP contribution in [-0.4, -0.2) is 33.8 Å². The molecule has 4 rings (SSSR count). The van der Waals surface area contributed by atoms with Gasteiger partial charge < -0.3 is 15.8 Å². The molecule has 2 aromatic carbocycles. The number of fused-ring (bicyclic) bond motifs is 1. The van der Waals surface area contributed by atoms with Crippen molar-refractivity contribution in [3.05, 3.63) is 66.1 Å². The number of methoxy groups -OCH3 is 1. The minimum absolute atomic E-state index is 0.515. The van der Waals surface area contributed by atoms with Crippen LogP contribution in [-0.2, 0) is 13.0 Å². The number of nitrogens with zero attached hydrogens (tertiary/aromatic N) is 3. The Labute approximate surface area is 163 Å². The first-order valence-corrected chi connectivity index (χ1v) is 9.14. The van der Waals surface area contributed by atoms with Gasteiger partial charge in [0.2, 0.25) is 0 Å². The lowest BCUT2D eigenvalue weighted by Crippen LogP contribution is -2.10. The quantitative estimate of drug-likeness (QED) is 0.459. The lowest BCUT2D eigenvalue weighted by molar-refractivity contribution is 0.415. The molecule has 0 atom stereocenters. The van der Waals surface area contributed by atoms with E-state index in [9.17, 15) is 0 Å². The molecule has 0 amide bonds. The standard InChI is InChI=1S/C21H22N6O/c1-28-16-8-6-14(7-9-16)20-15(13-24-27-20)12-23-21-17-4-2-3-5-18(17)25-19(26-21)10-11-22/h2-9,13H,10-12,22H2,1H3,(H,24,27)(H,23,25,26). The molecule has 4 N–H and O–H groups in total. The summed E-state index contributed by atoms with van der Waals surface area (Å²) in [6, 6.07) is 15.9. The molecule has 0 aliphatic rings. The van der Waals surface area contributed by atoms with Crippen LogP contribution in [0.2, 0.25) is 0 Å². The summed E-state index contributed by atoms with van der Waals surface area (Å²) >= 11 is 0. The summed E-state index contributed by atoms with van der Waals surface area (Å²) < 4.78 is 5.23. The fourth-order valence-electron chi connectivity index (χ4n) is 3.13. The molecule has 0 radical (unpaired) electrons. The van der Waals surface area contributed by atoms with Crippen LogP contribution in [0.4, 0.5) is 5.82 Å². The van der Waals surface area contributed by atoms with E-state index < -0.39 is 0 Å². The highest BCUT2D eigenvalue weighted by Gasteiger charge is 2.11. The predicted octanol–water partition coefficient (Wildman–Crippen LogP) is 3.14. The molecule has 0 spiro atoms. The third-order valence-electron chi connectivity index (χ3n) is 4.56. The zero-order valence-corrected chi connectivity index (χ0v) is 15.6. The second-order valence-corrected chi connectivity index (χ2v) is 6.40. The Bertz CT molecular complexity index is 1070. The second-order valence-electron chi connectivity index (χ2n) is 6.40. The average molecular weight is 374 g/mol. The van der Waals surface area contributed by atoms with Gasteiger partial charge in [-0.05, 0) is 42.9 Å². The zero-order chi connectivity index (χ0) is 19.3. The van der Waals surface area contributed by atoms with Crippen LogP contribution < -0.4 is 15.8 Å². The van der Waals surface area contributed by atoms with Gasteiger partial charge in [0, 0.05) is 29.5 Å². The number of benzene rings is 2. The maximum atomic E-state index is 5.69. The Morgan fingerprint density at radius 1 is 1.07 bits per heavy atom. The summed E-state index contributed by atoms with van der Waals surface area (Å²) in [5.41, 5.74) is 9.66. The van der Waals surface area contributed by atoms with Crippen molar-refractivity contribution >= 4 is 16.7 Å². The number of ether oxygens (including phenoxy) is 1. The van der Waals surface area contributed by atoms with Crippen LogP contribution in [0.25, 0.3) is 22.2 Å².